The normalized spacial score (nSPS) is 11.3. The van der Waals surface area contributed by atoms with Gasteiger partial charge in [-0.05, 0) is 34.6 Å². The van der Waals surface area contributed by atoms with E-state index in [0.29, 0.717) is 17.1 Å². The summed E-state index contributed by atoms with van der Waals surface area (Å²) in [5.74, 6) is 0.555. The quantitative estimate of drug-likeness (QED) is 0.761. The zero-order chi connectivity index (χ0) is 11.6. The molecule has 4 heteroatoms. The number of hydrogen-bond donors (Lipinski definition) is 1. The zero-order valence-corrected chi connectivity index (χ0v) is 9.88. The molecule has 0 aromatic carbocycles. The van der Waals surface area contributed by atoms with E-state index in [-0.39, 0.29) is 11.4 Å². The predicted molar refractivity (Wildman–Crippen MR) is 58.7 cm³/mol. The number of hydrogen-bond acceptors (Lipinski definition) is 3. The third-order valence-electron chi connectivity index (χ3n) is 1.83. The lowest BCUT2D eigenvalue weighted by atomic mass is 10.1. The summed E-state index contributed by atoms with van der Waals surface area (Å²) in [6.45, 7) is 9.44. The first kappa shape index (κ1) is 11.6. The Labute approximate surface area is 90.1 Å². The van der Waals surface area contributed by atoms with Crippen LogP contribution in [0.15, 0.2) is 6.20 Å². The van der Waals surface area contributed by atoms with Crippen LogP contribution in [0.5, 0.6) is 0 Å². The van der Waals surface area contributed by atoms with Gasteiger partial charge in [0.1, 0.15) is 5.82 Å². The van der Waals surface area contributed by atoms with Gasteiger partial charge in [0.2, 0.25) is 0 Å². The number of nitrogens with zero attached hydrogens (tertiary/aromatic N) is 2. The van der Waals surface area contributed by atoms with Gasteiger partial charge in [0.05, 0.1) is 11.3 Å². The van der Waals surface area contributed by atoms with E-state index < -0.39 is 0 Å². The minimum atomic E-state index is -0.242. The Balaban J connectivity index is 2.92. The standard InChI is InChI=1S/C11H17N3O/c1-7-9(6-12-8(2)13-7)10(15)14-11(3,4)5/h6H,1-5H3,(H,14,15). The van der Waals surface area contributed by atoms with Crippen LogP contribution in [0.25, 0.3) is 0 Å². The van der Waals surface area contributed by atoms with Crippen LogP contribution in [-0.2, 0) is 0 Å². The Bertz CT molecular complexity index is 380. The number of aryl methyl sites for hydroxylation is 2. The van der Waals surface area contributed by atoms with E-state index in [9.17, 15) is 4.79 Å². The Kier molecular flexibility index (Phi) is 3.07. The summed E-state index contributed by atoms with van der Waals surface area (Å²) in [5, 5.41) is 2.88. The third kappa shape index (κ3) is 3.31. The number of carbonyl (C=O) groups is 1. The van der Waals surface area contributed by atoms with Crippen LogP contribution >= 0.6 is 0 Å². The summed E-state index contributed by atoms with van der Waals surface area (Å²) in [6.07, 6.45) is 1.57. The van der Waals surface area contributed by atoms with Gasteiger partial charge >= 0.3 is 0 Å². The van der Waals surface area contributed by atoms with Crippen LogP contribution in [0.2, 0.25) is 0 Å². The van der Waals surface area contributed by atoms with E-state index in [1.54, 1.807) is 13.1 Å². The summed E-state index contributed by atoms with van der Waals surface area (Å²) in [5.41, 5.74) is 1.01. The molecule has 0 atom stereocenters. The van der Waals surface area contributed by atoms with Crippen molar-refractivity contribution in [2.24, 2.45) is 0 Å². The van der Waals surface area contributed by atoms with Crippen molar-refractivity contribution in [1.82, 2.24) is 15.3 Å². The van der Waals surface area contributed by atoms with Crippen LogP contribution in [0, 0.1) is 13.8 Å². The maximum Gasteiger partial charge on any atom is 0.255 e. The highest BCUT2D eigenvalue weighted by Gasteiger charge is 2.17. The molecule has 0 unspecified atom stereocenters. The Morgan fingerprint density at radius 1 is 1.33 bits per heavy atom. The highest BCUT2D eigenvalue weighted by molar-refractivity contribution is 5.95. The lowest BCUT2D eigenvalue weighted by molar-refractivity contribution is 0.0918. The van der Waals surface area contributed by atoms with Gasteiger partial charge in [-0.1, -0.05) is 0 Å². The van der Waals surface area contributed by atoms with Crippen molar-refractivity contribution in [1.29, 1.82) is 0 Å². The van der Waals surface area contributed by atoms with Crippen molar-refractivity contribution in [2.45, 2.75) is 40.2 Å². The van der Waals surface area contributed by atoms with Crippen molar-refractivity contribution in [3.63, 3.8) is 0 Å². The van der Waals surface area contributed by atoms with Gasteiger partial charge in [-0.25, -0.2) is 9.97 Å². The molecule has 0 saturated carbocycles. The second-order valence-electron chi connectivity index (χ2n) is 4.62. The van der Waals surface area contributed by atoms with Crippen molar-refractivity contribution in [3.05, 3.63) is 23.3 Å². The van der Waals surface area contributed by atoms with Crippen LogP contribution < -0.4 is 5.32 Å². The summed E-state index contributed by atoms with van der Waals surface area (Å²) in [7, 11) is 0. The van der Waals surface area contributed by atoms with Gasteiger partial charge < -0.3 is 5.32 Å². The van der Waals surface area contributed by atoms with E-state index >= 15 is 0 Å². The molecule has 1 N–H and O–H groups in total. The molecule has 0 saturated heterocycles. The largest absolute Gasteiger partial charge is 0.347 e. The summed E-state index contributed by atoms with van der Waals surface area (Å²) in [6, 6.07) is 0. The van der Waals surface area contributed by atoms with Crippen LogP contribution in [-0.4, -0.2) is 21.4 Å². The molecule has 0 fully saturated rings. The molecule has 0 aliphatic carbocycles. The summed E-state index contributed by atoms with van der Waals surface area (Å²) < 4.78 is 0. The van der Waals surface area contributed by atoms with E-state index in [0.717, 1.165) is 0 Å². The highest BCUT2D eigenvalue weighted by Crippen LogP contribution is 2.07. The van der Waals surface area contributed by atoms with Crippen LogP contribution in [0.1, 0.15) is 42.6 Å². The van der Waals surface area contributed by atoms with Gasteiger partial charge in [-0.3, -0.25) is 4.79 Å². The molecule has 4 nitrogen and oxygen atoms in total. The SMILES string of the molecule is Cc1ncc(C(=O)NC(C)(C)C)c(C)n1. The average Bonchev–Trinajstić information content (AvgIpc) is 1.99. The van der Waals surface area contributed by atoms with Gasteiger partial charge in [0.15, 0.2) is 0 Å². The summed E-state index contributed by atoms with van der Waals surface area (Å²) in [4.78, 5) is 20.0. The molecule has 15 heavy (non-hydrogen) atoms. The molecular weight excluding hydrogens is 190 g/mol. The molecule has 1 aromatic heterocycles. The van der Waals surface area contributed by atoms with Crippen molar-refractivity contribution >= 4 is 5.91 Å². The molecule has 0 aliphatic heterocycles. The second kappa shape index (κ2) is 3.96. The maximum atomic E-state index is 11.8. The Hall–Kier alpha value is -1.45. The molecule has 1 rings (SSSR count). The fraction of sp³-hybridized carbons (Fsp3) is 0.545. The monoisotopic (exact) mass is 207 g/mol. The molecule has 82 valence electrons. The number of rotatable bonds is 1. The zero-order valence-electron chi connectivity index (χ0n) is 9.88. The predicted octanol–water partition coefficient (Wildman–Crippen LogP) is 1.62. The van der Waals surface area contributed by atoms with Gasteiger partial charge in [0.25, 0.3) is 5.91 Å². The average molecular weight is 207 g/mol. The molecule has 1 amide bonds. The van der Waals surface area contributed by atoms with Crippen LogP contribution in [0.3, 0.4) is 0 Å². The first-order valence-corrected chi connectivity index (χ1v) is 4.92. The fourth-order valence-electron chi connectivity index (χ4n) is 1.21. The molecule has 0 aliphatic rings. The van der Waals surface area contributed by atoms with Crippen molar-refractivity contribution < 1.29 is 4.79 Å². The second-order valence-corrected chi connectivity index (χ2v) is 4.62. The summed E-state index contributed by atoms with van der Waals surface area (Å²) >= 11 is 0. The maximum absolute atomic E-state index is 11.8. The fourth-order valence-corrected chi connectivity index (χ4v) is 1.21. The van der Waals surface area contributed by atoms with E-state index in [4.69, 9.17) is 0 Å². The van der Waals surface area contributed by atoms with Gasteiger partial charge in [-0.2, -0.15) is 0 Å². The first-order chi connectivity index (χ1) is 6.79. The van der Waals surface area contributed by atoms with Crippen molar-refractivity contribution in [2.75, 3.05) is 0 Å². The van der Waals surface area contributed by atoms with Gasteiger partial charge in [0, 0.05) is 11.7 Å². The smallest absolute Gasteiger partial charge is 0.255 e. The molecule has 1 heterocycles. The van der Waals surface area contributed by atoms with E-state index in [1.165, 1.54) is 0 Å². The lowest BCUT2D eigenvalue weighted by Gasteiger charge is -2.20. The molecule has 0 spiro atoms. The molecular formula is C11H17N3O. The van der Waals surface area contributed by atoms with Crippen LogP contribution in [0.4, 0.5) is 0 Å². The number of carbonyl (C=O) groups excluding carboxylic acids is 1. The topological polar surface area (TPSA) is 54.9 Å². The van der Waals surface area contributed by atoms with E-state index in [2.05, 4.69) is 15.3 Å². The minimum Gasteiger partial charge on any atom is -0.347 e. The third-order valence-corrected chi connectivity index (χ3v) is 1.83. The van der Waals surface area contributed by atoms with Crippen molar-refractivity contribution in [3.8, 4) is 0 Å². The minimum absolute atomic E-state index is 0.125. The Morgan fingerprint density at radius 3 is 2.40 bits per heavy atom. The van der Waals surface area contributed by atoms with E-state index in [1.807, 2.05) is 27.7 Å². The molecule has 0 radical (unpaired) electrons. The molecule has 0 bridgehead atoms. The number of aromatic nitrogens is 2. The number of amides is 1. The lowest BCUT2D eigenvalue weighted by Crippen LogP contribution is -2.41. The molecule has 1 aromatic rings. The van der Waals surface area contributed by atoms with Gasteiger partial charge in [-0.15, -0.1) is 0 Å². The highest BCUT2D eigenvalue weighted by atomic mass is 16.1. The first-order valence-electron chi connectivity index (χ1n) is 4.92. The number of nitrogens with one attached hydrogen (secondary N) is 1. The Morgan fingerprint density at radius 2 is 1.93 bits per heavy atom.